The minimum Gasteiger partial charge on any atom is -0.508 e. The fourth-order valence-electron chi connectivity index (χ4n) is 2.53. The molecule has 0 radical (unpaired) electrons. The SMILES string of the molecule is O=C(OCc1ccccc1)N(Cc1ccccc1O)c1ccccc1Cl. The molecule has 0 bridgehead atoms. The van der Waals surface area contributed by atoms with Crippen LogP contribution in [0.3, 0.4) is 0 Å². The predicted molar refractivity (Wildman–Crippen MR) is 102 cm³/mol. The fraction of sp³-hybridized carbons (Fsp3) is 0.0952. The second-order valence-corrected chi connectivity index (χ2v) is 6.11. The van der Waals surface area contributed by atoms with Crippen molar-refractivity contribution in [1.29, 1.82) is 0 Å². The van der Waals surface area contributed by atoms with Crippen LogP contribution in [0.4, 0.5) is 10.5 Å². The number of amides is 1. The molecule has 26 heavy (non-hydrogen) atoms. The number of aromatic hydroxyl groups is 1. The molecule has 4 nitrogen and oxygen atoms in total. The third-order valence-electron chi connectivity index (χ3n) is 3.89. The highest BCUT2D eigenvalue weighted by Gasteiger charge is 2.21. The zero-order valence-electron chi connectivity index (χ0n) is 14.0. The topological polar surface area (TPSA) is 49.8 Å². The van der Waals surface area contributed by atoms with Crippen molar-refractivity contribution in [3.05, 3.63) is 95.0 Å². The molecule has 0 fully saturated rings. The molecule has 132 valence electrons. The third kappa shape index (κ3) is 4.35. The van der Waals surface area contributed by atoms with E-state index in [1.165, 1.54) is 4.90 Å². The molecule has 0 heterocycles. The van der Waals surface area contributed by atoms with E-state index in [-0.39, 0.29) is 18.9 Å². The monoisotopic (exact) mass is 367 g/mol. The fourth-order valence-corrected chi connectivity index (χ4v) is 2.77. The maximum Gasteiger partial charge on any atom is 0.414 e. The van der Waals surface area contributed by atoms with Crippen LogP contribution in [0, 0.1) is 0 Å². The highest BCUT2D eigenvalue weighted by molar-refractivity contribution is 6.33. The van der Waals surface area contributed by atoms with Crippen LogP contribution in [0.15, 0.2) is 78.9 Å². The number of hydrogen-bond donors (Lipinski definition) is 1. The number of para-hydroxylation sites is 2. The molecule has 1 amide bonds. The van der Waals surface area contributed by atoms with Crippen LogP contribution in [0.1, 0.15) is 11.1 Å². The van der Waals surface area contributed by atoms with E-state index in [1.807, 2.05) is 30.3 Å². The van der Waals surface area contributed by atoms with E-state index in [2.05, 4.69) is 0 Å². The van der Waals surface area contributed by atoms with Crippen molar-refractivity contribution in [2.75, 3.05) is 4.90 Å². The van der Waals surface area contributed by atoms with Gasteiger partial charge in [-0.2, -0.15) is 0 Å². The normalized spacial score (nSPS) is 10.3. The molecule has 0 aromatic heterocycles. The number of phenols is 1. The molecule has 0 saturated carbocycles. The molecule has 0 spiro atoms. The van der Waals surface area contributed by atoms with Gasteiger partial charge in [-0.1, -0.05) is 72.3 Å². The lowest BCUT2D eigenvalue weighted by atomic mass is 10.2. The summed E-state index contributed by atoms with van der Waals surface area (Å²) in [6.07, 6.45) is -0.537. The molecule has 1 N–H and O–H groups in total. The van der Waals surface area contributed by atoms with Gasteiger partial charge in [0.25, 0.3) is 0 Å². The summed E-state index contributed by atoms with van der Waals surface area (Å²) < 4.78 is 5.46. The number of carbonyl (C=O) groups is 1. The number of nitrogens with zero attached hydrogens (tertiary/aromatic N) is 1. The van der Waals surface area contributed by atoms with E-state index >= 15 is 0 Å². The quantitative estimate of drug-likeness (QED) is 0.657. The molecule has 0 aliphatic rings. The average molecular weight is 368 g/mol. The number of ether oxygens (including phenoxy) is 1. The van der Waals surface area contributed by atoms with Gasteiger partial charge in [0, 0.05) is 5.56 Å². The van der Waals surface area contributed by atoms with Gasteiger partial charge in [-0.25, -0.2) is 4.79 Å². The Labute approximate surface area is 157 Å². The van der Waals surface area contributed by atoms with E-state index < -0.39 is 6.09 Å². The second kappa shape index (κ2) is 8.41. The van der Waals surface area contributed by atoms with Crippen LogP contribution in [0.25, 0.3) is 0 Å². The van der Waals surface area contributed by atoms with E-state index in [0.717, 1.165) is 5.56 Å². The number of halogens is 1. The number of phenolic OH excluding ortho intramolecular Hbond substituents is 1. The largest absolute Gasteiger partial charge is 0.508 e. The Morgan fingerprint density at radius 1 is 0.923 bits per heavy atom. The minimum atomic E-state index is -0.537. The van der Waals surface area contributed by atoms with Gasteiger partial charge in [0.15, 0.2) is 0 Å². The Hall–Kier alpha value is -2.98. The van der Waals surface area contributed by atoms with Gasteiger partial charge < -0.3 is 9.84 Å². The maximum atomic E-state index is 12.7. The van der Waals surface area contributed by atoms with Gasteiger partial charge in [-0.3, -0.25) is 4.90 Å². The Kier molecular flexibility index (Phi) is 5.77. The molecule has 3 aromatic carbocycles. The van der Waals surface area contributed by atoms with E-state index in [4.69, 9.17) is 16.3 Å². The van der Waals surface area contributed by atoms with Crippen molar-refractivity contribution in [2.45, 2.75) is 13.2 Å². The van der Waals surface area contributed by atoms with E-state index in [1.54, 1.807) is 48.5 Å². The first-order chi connectivity index (χ1) is 12.6. The Balaban J connectivity index is 1.84. The number of rotatable bonds is 5. The van der Waals surface area contributed by atoms with Crippen LogP contribution < -0.4 is 4.90 Å². The summed E-state index contributed by atoms with van der Waals surface area (Å²) in [6.45, 7) is 0.297. The molecule has 3 aromatic rings. The van der Waals surface area contributed by atoms with Gasteiger partial charge in [0.1, 0.15) is 12.4 Å². The molecule has 5 heteroatoms. The highest BCUT2D eigenvalue weighted by atomic mass is 35.5. The Morgan fingerprint density at radius 2 is 1.58 bits per heavy atom. The minimum absolute atomic E-state index is 0.111. The molecule has 3 rings (SSSR count). The van der Waals surface area contributed by atoms with Crippen LogP contribution in [0.5, 0.6) is 5.75 Å². The second-order valence-electron chi connectivity index (χ2n) is 5.71. The van der Waals surface area contributed by atoms with Crippen LogP contribution in [-0.4, -0.2) is 11.2 Å². The maximum absolute atomic E-state index is 12.7. The number of carbonyl (C=O) groups excluding carboxylic acids is 1. The summed E-state index contributed by atoms with van der Waals surface area (Å²) >= 11 is 6.27. The lowest BCUT2D eigenvalue weighted by Crippen LogP contribution is -2.31. The van der Waals surface area contributed by atoms with Gasteiger partial charge in [-0.05, 0) is 23.8 Å². The molecule has 0 unspecified atom stereocenters. The van der Waals surface area contributed by atoms with Crippen LogP contribution in [-0.2, 0) is 17.9 Å². The molecule has 0 atom stereocenters. The first-order valence-corrected chi connectivity index (χ1v) is 8.52. The van der Waals surface area contributed by atoms with Crippen molar-refractivity contribution < 1.29 is 14.6 Å². The summed E-state index contributed by atoms with van der Waals surface area (Å²) in [5.41, 5.74) is 2.02. The van der Waals surface area contributed by atoms with E-state index in [0.29, 0.717) is 16.3 Å². The smallest absolute Gasteiger partial charge is 0.414 e. The summed E-state index contributed by atoms with van der Waals surface area (Å²) in [4.78, 5) is 14.2. The summed E-state index contributed by atoms with van der Waals surface area (Å²) in [6, 6.07) is 23.3. The molecule has 0 aliphatic heterocycles. The summed E-state index contributed by atoms with van der Waals surface area (Å²) in [7, 11) is 0. The molecular weight excluding hydrogens is 350 g/mol. The zero-order valence-corrected chi connectivity index (χ0v) is 14.8. The third-order valence-corrected chi connectivity index (χ3v) is 4.21. The van der Waals surface area contributed by atoms with Gasteiger partial charge >= 0.3 is 6.09 Å². The standard InChI is InChI=1S/C21H18ClNO3/c22-18-11-5-6-12-19(18)23(14-17-10-4-7-13-20(17)24)21(25)26-15-16-8-2-1-3-9-16/h1-13,24H,14-15H2. The van der Waals surface area contributed by atoms with Gasteiger partial charge in [0.2, 0.25) is 0 Å². The Bertz CT molecular complexity index is 883. The Morgan fingerprint density at radius 3 is 2.31 bits per heavy atom. The number of hydrogen-bond acceptors (Lipinski definition) is 3. The first-order valence-electron chi connectivity index (χ1n) is 8.15. The van der Waals surface area contributed by atoms with E-state index in [9.17, 15) is 9.90 Å². The molecule has 0 aliphatic carbocycles. The van der Waals surface area contributed by atoms with Gasteiger partial charge in [-0.15, -0.1) is 0 Å². The van der Waals surface area contributed by atoms with Crippen molar-refractivity contribution in [3.8, 4) is 5.75 Å². The first kappa shape index (κ1) is 17.8. The van der Waals surface area contributed by atoms with Crippen molar-refractivity contribution >= 4 is 23.4 Å². The average Bonchev–Trinajstić information content (AvgIpc) is 2.67. The van der Waals surface area contributed by atoms with Crippen molar-refractivity contribution in [2.24, 2.45) is 0 Å². The van der Waals surface area contributed by atoms with Gasteiger partial charge in [0.05, 0.1) is 17.3 Å². The van der Waals surface area contributed by atoms with Crippen molar-refractivity contribution in [3.63, 3.8) is 0 Å². The zero-order chi connectivity index (χ0) is 18.4. The van der Waals surface area contributed by atoms with Crippen LogP contribution in [0.2, 0.25) is 5.02 Å². The molecule has 0 saturated heterocycles. The highest BCUT2D eigenvalue weighted by Crippen LogP contribution is 2.29. The summed E-state index contributed by atoms with van der Waals surface area (Å²) in [5, 5.41) is 10.5. The lowest BCUT2D eigenvalue weighted by molar-refractivity contribution is 0.146. The predicted octanol–water partition coefficient (Wildman–Crippen LogP) is 5.39. The lowest BCUT2D eigenvalue weighted by Gasteiger charge is -2.23. The number of benzene rings is 3. The molecular formula is C21H18ClNO3. The van der Waals surface area contributed by atoms with Crippen molar-refractivity contribution in [1.82, 2.24) is 0 Å². The van der Waals surface area contributed by atoms with Crippen LogP contribution >= 0.6 is 11.6 Å². The number of anilines is 1. The summed E-state index contributed by atoms with van der Waals surface area (Å²) in [5.74, 6) is 0.111.